The fourth-order valence-corrected chi connectivity index (χ4v) is 3.73. The summed E-state index contributed by atoms with van der Waals surface area (Å²) in [4.78, 5) is 22.8. The molecule has 2 aliphatic heterocycles. The number of hydrogen-bond donors (Lipinski definition) is 1. The van der Waals surface area contributed by atoms with Crippen molar-refractivity contribution in [2.75, 3.05) is 6.54 Å². The van der Waals surface area contributed by atoms with Crippen LogP contribution in [-0.2, 0) is 12.7 Å². The summed E-state index contributed by atoms with van der Waals surface area (Å²) in [6.45, 7) is 0.434. The van der Waals surface area contributed by atoms with Gasteiger partial charge in [0.2, 0.25) is 0 Å². The highest BCUT2D eigenvalue weighted by Gasteiger charge is 2.46. The molecule has 28 heavy (non-hydrogen) atoms. The van der Waals surface area contributed by atoms with Crippen LogP contribution in [0.3, 0.4) is 0 Å². The van der Waals surface area contributed by atoms with Crippen LogP contribution in [0.15, 0.2) is 29.0 Å². The summed E-state index contributed by atoms with van der Waals surface area (Å²) in [7, 11) is 0. The second-order valence-electron chi connectivity index (χ2n) is 6.57. The molecule has 1 fully saturated rings. The van der Waals surface area contributed by atoms with E-state index >= 15 is 0 Å². The van der Waals surface area contributed by atoms with Gasteiger partial charge in [0.05, 0.1) is 35.1 Å². The maximum Gasteiger partial charge on any atom is 0.417 e. The van der Waals surface area contributed by atoms with Gasteiger partial charge in [0.1, 0.15) is 6.33 Å². The van der Waals surface area contributed by atoms with E-state index in [1.807, 2.05) is 0 Å². The molecule has 4 heterocycles. The zero-order chi connectivity index (χ0) is 19.6. The molecule has 0 unspecified atom stereocenters. The predicted octanol–water partition coefficient (Wildman–Crippen LogP) is 2.30. The van der Waals surface area contributed by atoms with E-state index in [1.54, 1.807) is 0 Å². The number of carbonyl (C=O) groups excluding carboxylic acids is 1. The minimum Gasteiger partial charge on any atom is -0.332 e. The highest BCUT2D eigenvalue weighted by molar-refractivity contribution is 6.01. The number of fused-ring (bicyclic) bond motifs is 5. The van der Waals surface area contributed by atoms with Crippen LogP contribution in [0.5, 0.6) is 0 Å². The van der Waals surface area contributed by atoms with Gasteiger partial charge in [-0.15, -0.1) is 0 Å². The summed E-state index contributed by atoms with van der Waals surface area (Å²) in [6, 6.07) is 3.24. The highest BCUT2D eigenvalue weighted by Crippen LogP contribution is 2.45. The quantitative estimate of drug-likeness (QED) is 0.720. The summed E-state index contributed by atoms with van der Waals surface area (Å²) in [6.07, 6.45) is -2.68. The molecule has 1 amide bonds. The second-order valence-corrected chi connectivity index (χ2v) is 6.57. The number of nitrogens with zero attached hydrogens (tertiary/aromatic N) is 5. The summed E-state index contributed by atoms with van der Waals surface area (Å²) in [5.74, 6) is -0.252. The molecule has 11 heteroatoms. The predicted molar refractivity (Wildman–Crippen MR) is 88.1 cm³/mol. The van der Waals surface area contributed by atoms with Gasteiger partial charge in [-0.05, 0) is 18.6 Å². The standard InChI is InChI=1S/C17H13F3N6O2/c18-17(19,20)8-2-1-3-9-12(8)16(27)25-5-4-10(25)14-13(22-7-26(9)14)15-23-11(6-21)24-28-15/h1-3,7,10H,4-6,21H2/t10-/m0/s1. The van der Waals surface area contributed by atoms with Crippen LogP contribution in [-0.4, -0.2) is 37.0 Å². The minimum absolute atomic E-state index is 0.0748. The van der Waals surface area contributed by atoms with Gasteiger partial charge in [0, 0.05) is 6.54 Å². The number of nitrogens with two attached hydrogens (primary N) is 1. The van der Waals surface area contributed by atoms with E-state index in [0.29, 0.717) is 24.4 Å². The number of imidazole rings is 1. The Morgan fingerprint density at radius 2 is 2.14 bits per heavy atom. The molecule has 3 aromatic rings. The van der Waals surface area contributed by atoms with Crippen molar-refractivity contribution in [2.45, 2.75) is 25.2 Å². The molecule has 1 saturated heterocycles. The van der Waals surface area contributed by atoms with Gasteiger partial charge in [-0.1, -0.05) is 11.2 Å². The fourth-order valence-electron chi connectivity index (χ4n) is 3.73. The minimum atomic E-state index is -4.65. The van der Waals surface area contributed by atoms with Gasteiger partial charge < -0.3 is 15.2 Å². The third-order valence-electron chi connectivity index (χ3n) is 5.08. The van der Waals surface area contributed by atoms with E-state index in [9.17, 15) is 18.0 Å². The average molecular weight is 390 g/mol. The van der Waals surface area contributed by atoms with Crippen LogP contribution in [0.4, 0.5) is 13.2 Å². The number of carbonyl (C=O) groups is 1. The Labute approximate surface area is 155 Å². The molecule has 0 spiro atoms. The largest absolute Gasteiger partial charge is 0.417 e. The monoisotopic (exact) mass is 390 g/mol. The Morgan fingerprint density at radius 1 is 1.32 bits per heavy atom. The van der Waals surface area contributed by atoms with Crippen molar-refractivity contribution in [3.05, 3.63) is 47.2 Å². The number of benzene rings is 1. The number of halogens is 3. The van der Waals surface area contributed by atoms with E-state index in [4.69, 9.17) is 10.3 Å². The summed E-state index contributed by atoms with van der Waals surface area (Å²) in [5.41, 5.74) is 5.17. The van der Waals surface area contributed by atoms with Crippen molar-refractivity contribution < 1.29 is 22.5 Å². The molecule has 0 radical (unpaired) electrons. The smallest absolute Gasteiger partial charge is 0.332 e. The van der Waals surface area contributed by atoms with Crippen molar-refractivity contribution in [2.24, 2.45) is 5.73 Å². The number of aromatic nitrogens is 4. The summed E-state index contributed by atoms with van der Waals surface area (Å²) < 4.78 is 47.4. The Balaban J connectivity index is 1.77. The van der Waals surface area contributed by atoms with Gasteiger partial charge in [0.25, 0.3) is 11.8 Å². The molecule has 0 bridgehead atoms. The van der Waals surface area contributed by atoms with E-state index in [1.165, 1.54) is 27.9 Å². The first-order valence-corrected chi connectivity index (χ1v) is 8.52. The van der Waals surface area contributed by atoms with Gasteiger partial charge in [-0.3, -0.25) is 9.36 Å². The molecule has 0 aliphatic carbocycles. The lowest BCUT2D eigenvalue weighted by molar-refractivity contribution is -0.138. The molecule has 144 valence electrons. The highest BCUT2D eigenvalue weighted by atomic mass is 19.4. The lowest BCUT2D eigenvalue weighted by Crippen LogP contribution is -2.45. The third kappa shape index (κ3) is 2.22. The van der Waals surface area contributed by atoms with Crippen LogP contribution in [0.2, 0.25) is 0 Å². The van der Waals surface area contributed by atoms with Crippen LogP contribution in [0, 0.1) is 0 Å². The molecule has 2 aromatic heterocycles. The Bertz CT molecular complexity index is 1100. The zero-order valence-electron chi connectivity index (χ0n) is 14.3. The molecule has 1 aromatic carbocycles. The van der Waals surface area contributed by atoms with Gasteiger partial charge in [0.15, 0.2) is 11.5 Å². The number of rotatable bonds is 2. The first-order chi connectivity index (χ1) is 13.4. The van der Waals surface area contributed by atoms with Crippen LogP contribution in [0.1, 0.15) is 39.9 Å². The Morgan fingerprint density at radius 3 is 2.79 bits per heavy atom. The second kappa shape index (κ2) is 5.64. The molecule has 1 atom stereocenters. The molecular weight excluding hydrogens is 377 g/mol. The van der Waals surface area contributed by atoms with Crippen LogP contribution < -0.4 is 5.73 Å². The lowest BCUT2D eigenvalue weighted by Gasteiger charge is -2.40. The van der Waals surface area contributed by atoms with Crippen molar-refractivity contribution in [3.63, 3.8) is 0 Å². The molecule has 8 nitrogen and oxygen atoms in total. The van der Waals surface area contributed by atoms with Gasteiger partial charge >= 0.3 is 6.18 Å². The summed E-state index contributed by atoms with van der Waals surface area (Å²) >= 11 is 0. The maximum atomic E-state index is 13.6. The number of hydrogen-bond acceptors (Lipinski definition) is 6. The molecule has 5 rings (SSSR count). The van der Waals surface area contributed by atoms with E-state index in [0.717, 1.165) is 6.07 Å². The van der Waals surface area contributed by atoms with Crippen molar-refractivity contribution >= 4 is 5.91 Å². The van der Waals surface area contributed by atoms with E-state index in [-0.39, 0.29) is 29.5 Å². The molecule has 0 saturated carbocycles. The molecular formula is C17H13F3N6O2. The number of alkyl halides is 3. The maximum absolute atomic E-state index is 13.6. The first-order valence-electron chi connectivity index (χ1n) is 8.52. The van der Waals surface area contributed by atoms with Crippen LogP contribution >= 0.6 is 0 Å². The Kier molecular flexibility index (Phi) is 3.41. The van der Waals surface area contributed by atoms with Gasteiger partial charge in [-0.2, -0.15) is 18.2 Å². The average Bonchev–Trinajstić information content (AvgIpc) is 3.24. The van der Waals surface area contributed by atoms with E-state index < -0.39 is 23.7 Å². The Hall–Kier alpha value is -3.21. The lowest BCUT2D eigenvalue weighted by atomic mass is 9.96. The SMILES string of the molecule is NCc1noc(-c2ncn3c2[C@@H]2CCN2C(=O)c2c-3cccc2C(F)(F)F)n1. The fraction of sp³-hybridized carbons (Fsp3) is 0.294. The molecule has 2 aliphatic rings. The van der Waals surface area contributed by atoms with Crippen molar-refractivity contribution in [3.8, 4) is 17.3 Å². The first kappa shape index (κ1) is 16.9. The third-order valence-corrected chi connectivity index (χ3v) is 5.08. The topological polar surface area (TPSA) is 103 Å². The zero-order valence-corrected chi connectivity index (χ0v) is 14.3. The summed E-state index contributed by atoms with van der Waals surface area (Å²) in [5, 5.41) is 3.74. The number of amides is 1. The van der Waals surface area contributed by atoms with Gasteiger partial charge in [-0.25, -0.2) is 4.98 Å². The van der Waals surface area contributed by atoms with Crippen molar-refractivity contribution in [1.29, 1.82) is 0 Å². The van der Waals surface area contributed by atoms with Crippen molar-refractivity contribution in [1.82, 2.24) is 24.6 Å². The molecule has 2 N–H and O–H groups in total. The van der Waals surface area contributed by atoms with E-state index in [2.05, 4.69) is 15.1 Å². The van der Waals surface area contributed by atoms with Crippen LogP contribution in [0.25, 0.3) is 17.3 Å². The normalized spacial score (nSPS) is 18.2.